The number of aromatic nitrogens is 1. The summed E-state index contributed by atoms with van der Waals surface area (Å²) in [4.78, 5) is 4.66. The fourth-order valence-electron chi connectivity index (χ4n) is 4.34. The van der Waals surface area contributed by atoms with Crippen LogP contribution >= 0.6 is 0 Å². The standard InChI is InChI=1S/C25H21FN5O2/c1-25(32)11-16(12-25)31-24(28)17(13-27)23(30-31)15-8-18(26)22-20(9-15)29-19(10-21(22)33-2)14-6-4-3-5-7-14/h3-10,28,30,32H,11-12H2,1-2H3/q+1. The summed E-state index contributed by atoms with van der Waals surface area (Å²) >= 11 is 0. The molecule has 1 saturated carbocycles. The van der Waals surface area contributed by atoms with Gasteiger partial charge in [-0.2, -0.15) is 5.26 Å². The molecule has 2 aliphatic rings. The summed E-state index contributed by atoms with van der Waals surface area (Å²) in [7, 11) is 1.48. The summed E-state index contributed by atoms with van der Waals surface area (Å²) in [5, 5.41) is 28.4. The lowest BCUT2D eigenvalue weighted by Crippen LogP contribution is -2.48. The van der Waals surface area contributed by atoms with Crippen LogP contribution in [0, 0.1) is 22.6 Å². The number of nitrogens with zero attached hydrogens (tertiary/aromatic N) is 3. The molecule has 1 aliphatic carbocycles. The first kappa shape index (κ1) is 20.8. The molecule has 1 aromatic heterocycles. The number of nitrogens with one attached hydrogen (secondary N) is 2. The van der Waals surface area contributed by atoms with E-state index in [2.05, 4.69) is 16.5 Å². The van der Waals surface area contributed by atoms with E-state index in [0.717, 1.165) is 11.3 Å². The van der Waals surface area contributed by atoms with Gasteiger partial charge in [0.1, 0.15) is 29.0 Å². The van der Waals surface area contributed by atoms with Crippen molar-refractivity contribution >= 4 is 28.1 Å². The average Bonchev–Trinajstić information content (AvgIpc) is 3.12. The van der Waals surface area contributed by atoms with Gasteiger partial charge in [-0.25, -0.2) is 14.8 Å². The van der Waals surface area contributed by atoms with E-state index in [-0.39, 0.29) is 16.8 Å². The van der Waals surface area contributed by atoms with Gasteiger partial charge in [-0.15, -0.1) is 4.68 Å². The molecule has 8 heteroatoms. The fraction of sp³-hybridized carbons (Fsp3) is 0.200. The zero-order valence-corrected chi connectivity index (χ0v) is 18.1. The number of nitriles is 1. The van der Waals surface area contributed by atoms with Crippen molar-refractivity contribution in [1.82, 2.24) is 10.4 Å². The largest absolute Gasteiger partial charge is 0.496 e. The number of ether oxygens (including phenoxy) is 1. The molecule has 0 unspecified atom stereocenters. The van der Waals surface area contributed by atoms with E-state index >= 15 is 4.39 Å². The van der Waals surface area contributed by atoms with Crippen molar-refractivity contribution in [2.75, 3.05) is 7.11 Å². The van der Waals surface area contributed by atoms with Gasteiger partial charge in [-0.1, -0.05) is 35.7 Å². The summed E-state index contributed by atoms with van der Waals surface area (Å²) in [5.74, 6) is -0.206. The minimum absolute atomic E-state index is 0.0259. The molecule has 1 aliphatic heterocycles. The Bertz CT molecular complexity index is 1420. The maximum atomic E-state index is 15.3. The van der Waals surface area contributed by atoms with E-state index in [1.807, 2.05) is 30.3 Å². The first-order valence-electron chi connectivity index (χ1n) is 10.4. The van der Waals surface area contributed by atoms with Crippen molar-refractivity contribution < 1.29 is 18.9 Å². The number of halogens is 1. The SMILES string of the molecule is COc1cc(-c2ccccc2)nc2cc(C3=C(C#N)C(=N)[N+](=C4CC(C)(O)C4)N3)cc(F)c12. The van der Waals surface area contributed by atoms with Crippen LogP contribution in [0.3, 0.4) is 0 Å². The Morgan fingerprint density at radius 2 is 1.94 bits per heavy atom. The van der Waals surface area contributed by atoms with Crippen molar-refractivity contribution in [2.45, 2.75) is 25.4 Å². The normalized spacial score (nSPS) is 20.0. The summed E-state index contributed by atoms with van der Waals surface area (Å²) in [5.41, 5.74) is 5.71. The maximum absolute atomic E-state index is 15.3. The molecule has 2 aromatic carbocycles. The predicted octanol–water partition coefficient (Wildman–Crippen LogP) is 3.78. The van der Waals surface area contributed by atoms with Gasteiger partial charge in [0.2, 0.25) is 0 Å². The molecule has 0 bridgehead atoms. The Hall–Kier alpha value is -4.09. The van der Waals surface area contributed by atoms with Gasteiger partial charge in [-0.05, 0) is 19.1 Å². The topological polar surface area (TPSA) is 105 Å². The molecule has 33 heavy (non-hydrogen) atoms. The Labute approximate surface area is 189 Å². The van der Waals surface area contributed by atoms with Gasteiger partial charge >= 0.3 is 5.84 Å². The lowest BCUT2D eigenvalue weighted by Gasteiger charge is -2.33. The van der Waals surface area contributed by atoms with Crippen LogP contribution in [-0.2, 0) is 0 Å². The van der Waals surface area contributed by atoms with Crippen LogP contribution in [0.15, 0.2) is 54.1 Å². The summed E-state index contributed by atoms with van der Waals surface area (Å²) < 4.78 is 22.2. The molecule has 0 spiro atoms. The quantitative estimate of drug-likeness (QED) is 0.536. The highest BCUT2D eigenvalue weighted by Crippen LogP contribution is 2.35. The van der Waals surface area contributed by atoms with Crippen LogP contribution in [0.4, 0.5) is 4.39 Å². The Balaban J connectivity index is 1.65. The number of hydrazone groups is 1. The van der Waals surface area contributed by atoms with Crippen LogP contribution in [0.25, 0.3) is 27.9 Å². The number of amidine groups is 1. The molecule has 3 N–H and O–H groups in total. The van der Waals surface area contributed by atoms with Crippen molar-refractivity contribution in [3.8, 4) is 23.1 Å². The summed E-state index contributed by atoms with van der Waals surface area (Å²) in [6.45, 7) is 1.72. The fourth-order valence-corrected chi connectivity index (χ4v) is 4.34. The number of aliphatic hydroxyl groups is 1. The van der Waals surface area contributed by atoms with Crippen molar-refractivity contribution in [3.63, 3.8) is 0 Å². The van der Waals surface area contributed by atoms with E-state index in [1.165, 1.54) is 17.9 Å². The van der Waals surface area contributed by atoms with Crippen LogP contribution in [0.2, 0.25) is 0 Å². The maximum Gasteiger partial charge on any atom is 0.358 e. The van der Waals surface area contributed by atoms with Crippen molar-refractivity contribution in [2.24, 2.45) is 0 Å². The van der Waals surface area contributed by atoms with Crippen LogP contribution in [-0.4, -0.2) is 39.0 Å². The number of hydrazine groups is 1. The molecule has 2 heterocycles. The number of benzene rings is 2. The van der Waals surface area contributed by atoms with Gasteiger partial charge in [-0.3, -0.25) is 0 Å². The van der Waals surface area contributed by atoms with Crippen LogP contribution < -0.4 is 10.2 Å². The summed E-state index contributed by atoms with van der Waals surface area (Å²) in [6.07, 6.45) is 0.777. The van der Waals surface area contributed by atoms with Gasteiger partial charge in [0.15, 0.2) is 5.57 Å². The first-order chi connectivity index (χ1) is 15.8. The lowest BCUT2D eigenvalue weighted by atomic mass is 9.80. The predicted molar refractivity (Wildman–Crippen MR) is 122 cm³/mol. The molecular formula is C25H21FN5O2+. The number of rotatable bonds is 3. The van der Waals surface area contributed by atoms with E-state index in [1.54, 1.807) is 19.1 Å². The zero-order chi connectivity index (χ0) is 23.3. The zero-order valence-electron chi connectivity index (χ0n) is 18.1. The highest BCUT2D eigenvalue weighted by molar-refractivity contribution is 6.08. The Morgan fingerprint density at radius 3 is 2.58 bits per heavy atom. The number of hydrogen-bond acceptors (Lipinski definition) is 6. The highest BCUT2D eigenvalue weighted by Gasteiger charge is 2.44. The second-order valence-corrected chi connectivity index (χ2v) is 8.50. The van der Waals surface area contributed by atoms with Crippen LogP contribution in [0.5, 0.6) is 5.75 Å². The molecule has 7 nitrogen and oxygen atoms in total. The average molecular weight is 442 g/mol. The third-order valence-electron chi connectivity index (χ3n) is 5.93. The first-order valence-corrected chi connectivity index (χ1v) is 10.4. The van der Waals surface area contributed by atoms with Crippen molar-refractivity contribution in [1.29, 1.82) is 10.7 Å². The van der Waals surface area contributed by atoms with Crippen LogP contribution in [0.1, 0.15) is 25.3 Å². The smallest absolute Gasteiger partial charge is 0.358 e. The Kier molecular flexibility index (Phi) is 4.73. The highest BCUT2D eigenvalue weighted by atomic mass is 19.1. The van der Waals surface area contributed by atoms with E-state index in [4.69, 9.17) is 10.1 Å². The number of methoxy groups -OCH3 is 1. The molecule has 5 rings (SSSR count). The monoisotopic (exact) mass is 442 g/mol. The van der Waals surface area contributed by atoms with E-state index in [9.17, 15) is 10.4 Å². The number of hydrogen-bond donors (Lipinski definition) is 3. The van der Waals surface area contributed by atoms with Gasteiger partial charge in [0.25, 0.3) is 0 Å². The number of pyridine rings is 1. The number of fused-ring (bicyclic) bond motifs is 1. The van der Waals surface area contributed by atoms with E-state index < -0.39 is 11.4 Å². The minimum Gasteiger partial charge on any atom is -0.496 e. The molecule has 3 aromatic rings. The van der Waals surface area contributed by atoms with E-state index in [0.29, 0.717) is 41.1 Å². The molecule has 0 saturated heterocycles. The second-order valence-electron chi connectivity index (χ2n) is 8.50. The van der Waals surface area contributed by atoms with Crippen molar-refractivity contribution in [3.05, 3.63) is 65.5 Å². The second kappa shape index (κ2) is 7.50. The molecule has 0 amide bonds. The van der Waals surface area contributed by atoms with Gasteiger partial charge < -0.3 is 9.84 Å². The molecule has 0 atom stereocenters. The molecule has 0 radical (unpaired) electrons. The van der Waals surface area contributed by atoms with Gasteiger partial charge in [0.05, 0.1) is 29.3 Å². The molecular weight excluding hydrogens is 421 g/mol. The summed E-state index contributed by atoms with van der Waals surface area (Å²) in [6, 6.07) is 16.3. The lowest BCUT2D eigenvalue weighted by molar-refractivity contribution is -0.461. The van der Waals surface area contributed by atoms with Gasteiger partial charge in [0, 0.05) is 30.0 Å². The molecule has 164 valence electrons. The Morgan fingerprint density at radius 1 is 1.21 bits per heavy atom. The third kappa shape index (κ3) is 3.43. The molecule has 1 fully saturated rings. The minimum atomic E-state index is -0.823. The third-order valence-corrected chi connectivity index (χ3v) is 5.93.